The maximum Gasteiger partial charge on any atom is 0.191 e. The molecular weight excluding hydrogens is 451 g/mol. The molecule has 0 bridgehead atoms. The van der Waals surface area contributed by atoms with Gasteiger partial charge in [0.2, 0.25) is 0 Å². The smallest absolute Gasteiger partial charge is 0.191 e. The summed E-state index contributed by atoms with van der Waals surface area (Å²) in [5.41, 5.74) is 5.29. The molecule has 1 aliphatic rings. The Kier molecular flexibility index (Phi) is 7.70. The van der Waals surface area contributed by atoms with Crippen LogP contribution >= 0.6 is 24.0 Å². The highest BCUT2D eigenvalue weighted by Gasteiger charge is 2.44. The molecule has 1 aliphatic carbocycles. The Morgan fingerprint density at radius 1 is 1.19 bits per heavy atom. The predicted octanol–water partition coefficient (Wildman–Crippen LogP) is 4.12. The van der Waals surface area contributed by atoms with E-state index in [2.05, 4.69) is 65.8 Å². The highest BCUT2D eigenvalue weighted by Crippen LogP contribution is 2.48. The van der Waals surface area contributed by atoms with Crippen LogP contribution in [0.15, 0.2) is 33.8 Å². The van der Waals surface area contributed by atoms with E-state index < -0.39 is 0 Å². The molecule has 0 unspecified atom stereocenters. The molecule has 148 valence electrons. The number of hydrogen-bond acceptors (Lipinski definition) is 3. The lowest BCUT2D eigenvalue weighted by molar-refractivity contribution is 0.380. The molecule has 3 rings (SSSR count). The number of nitrogens with zero attached hydrogens (tertiary/aromatic N) is 2. The number of aryl methyl sites for hydroxylation is 3. The van der Waals surface area contributed by atoms with E-state index in [1.165, 1.54) is 24.0 Å². The average molecular weight is 482 g/mol. The summed E-state index contributed by atoms with van der Waals surface area (Å²) in [5.74, 6) is 1.79. The van der Waals surface area contributed by atoms with E-state index >= 15 is 0 Å². The summed E-state index contributed by atoms with van der Waals surface area (Å²) in [6.45, 7) is 7.99. The molecule has 2 N–H and O–H groups in total. The second kappa shape index (κ2) is 9.57. The van der Waals surface area contributed by atoms with Crippen LogP contribution in [0.25, 0.3) is 0 Å². The normalized spacial score (nSPS) is 15.2. The van der Waals surface area contributed by atoms with E-state index in [9.17, 15) is 0 Å². The van der Waals surface area contributed by atoms with Gasteiger partial charge in [-0.05, 0) is 37.3 Å². The summed E-state index contributed by atoms with van der Waals surface area (Å²) < 4.78 is 5.45. The van der Waals surface area contributed by atoms with Crippen LogP contribution in [0.3, 0.4) is 0 Å². The van der Waals surface area contributed by atoms with Gasteiger partial charge >= 0.3 is 0 Å². The van der Waals surface area contributed by atoms with E-state index in [0.29, 0.717) is 6.54 Å². The van der Waals surface area contributed by atoms with Gasteiger partial charge in [-0.25, -0.2) is 0 Å². The monoisotopic (exact) mass is 482 g/mol. The lowest BCUT2D eigenvalue weighted by Gasteiger charge is -2.20. The number of nitrogens with one attached hydrogen (secondary N) is 2. The number of halogens is 1. The molecule has 2 aromatic rings. The molecule has 0 amide bonds. The molecule has 1 fully saturated rings. The van der Waals surface area contributed by atoms with Gasteiger partial charge in [-0.3, -0.25) is 4.99 Å². The van der Waals surface area contributed by atoms with E-state index in [4.69, 9.17) is 4.52 Å². The Morgan fingerprint density at radius 3 is 2.52 bits per heavy atom. The fourth-order valence-corrected chi connectivity index (χ4v) is 3.64. The molecular formula is C21H31IN4O. The second-order valence-corrected chi connectivity index (χ2v) is 7.11. The Labute approximate surface area is 179 Å². The summed E-state index contributed by atoms with van der Waals surface area (Å²) in [6, 6.07) is 8.71. The molecule has 1 aromatic carbocycles. The molecule has 6 heteroatoms. The van der Waals surface area contributed by atoms with Gasteiger partial charge in [0.1, 0.15) is 5.76 Å². The zero-order chi connectivity index (χ0) is 18.6. The first kappa shape index (κ1) is 21.7. The molecule has 5 nitrogen and oxygen atoms in total. The van der Waals surface area contributed by atoms with Crippen LogP contribution in [-0.4, -0.2) is 24.7 Å². The molecule has 1 aromatic heterocycles. The number of hydrogen-bond donors (Lipinski definition) is 2. The van der Waals surface area contributed by atoms with Gasteiger partial charge < -0.3 is 15.2 Å². The van der Waals surface area contributed by atoms with Gasteiger partial charge in [0.05, 0.1) is 5.69 Å². The number of aliphatic imine (C=N–C) groups is 1. The minimum Gasteiger partial charge on any atom is -0.361 e. The van der Waals surface area contributed by atoms with Gasteiger partial charge in [0.15, 0.2) is 5.96 Å². The van der Waals surface area contributed by atoms with Crippen LogP contribution in [0.5, 0.6) is 0 Å². The van der Waals surface area contributed by atoms with Crippen LogP contribution in [-0.2, 0) is 24.8 Å². The molecule has 0 saturated heterocycles. The molecule has 27 heavy (non-hydrogen) atoms. The highest BCUT2D eigenvalue weighted by atomic mass is 127. The highest BCUT2D eigenvalue weighted by molar-refractivity contribution is 14.0. The summed E-state index contributed by atoms with van der Waals surface area (Å²) >= 11 is 0. The lowest BCUT2D eigenvalue weighted by atomic mass is 9.92. The van der Waals surface area contributed by atoms with Crippen molar-refractivity contribution in [3.8, 4) is 0 Å². The van der Waals surface area contributed by atoms with Gasteiger partial charge in [-0.2, -0.15) is 0 Å². The molecule has 0 radical (unpaired) electrons. The van der Waals surface area contributed by atoms with Crippen molar-refractivity contribution < 1.29 is 4.52 Å². The number of benzene rings is 1. The third kappa shape index (κ3) is 4.83. The van der Waals surface area contributed by atoms with E-state index in [1.807, 2.05) is 7.05 Å². The van der Waals surface area contributed by atoms with E-state index in [-0.39, 0.29) is 29.4 Å². The zero-order valence-electron chi connectivity index (χ0n) is 16.8. The summed E-state index contributed by atoms with van der Waals surface area (Å²) in [6.07, 6.45) is 4.19. The van der Waals surface area contributed by atoms with Crippen LogP contribution < -0.4 is 10.6 Å². The Hall–Kier alpha value is -1.57. The summed E-state index contributed by atoms with van der Waals surface area (Å²) in [7, 11) is 1.82. The van der Waals surface area contributed by atoms with Gasteiger partial charge in [0.25, 0.3) is 0 Å². The van der Waals surface area contributed by atoms with E-state index in [0.717, 1.165) is 42.4 Å². The second-order valence-electron chi connectivity index (χ2n) is 7.11. The van der Waals surface area contributed by atoms with Crippen molar-refractivity contribution in [2.75, 3.05) is 13.6 Å². The average Bonchev–Trinajstić information content (AvgIpc) is 3.34. The first-order chi connectivity index (χ1) is 12.6. The van der Waals surface area contributed by atoms with Crippen LogP contribution in [0.4, 0.5) is 0 Å². The summed E-state index contributed by atoms with van der Waals surface area (Å²) in [4.78, 5) is 4.39. The number of aromatic nitrogens is 1. The van der Waals surface area contributed by atoms with Gasteiger partial charge in [-0.15, -0.1) is 24.0 Å². The van der Waals surface area contributed by atoms with Gasteiger partial charge in [0, 0.05) is 37.5 Å². The molecule has 0 atom stereocenters. The Balaban J connectivity index is 0.00000261. The minimum atomic E-state index is 0. The van der Waals surface area contributed by atoms with Crippen molar-refractivity contribution >= 4 is 29.9 Å². The summed E-state index contributed by atoms with van der Waals surface area (Å²) in [5, 5.41) is 11.1. The predicted molar refractivity (Wildman–Crippen MR) is 121 cm³/mol. The van der Waals surface area contributed by atoms with Crippen LogP contribution in [0, 0.1) is 6.92 Å². The van der Waals surface area contributed by atoms with Crippen LogP contribution in [0.2, 0.25) is 0 Å². The third-order valence-corrected chi connectivity index (χ3v) is 5.43. The number of guanidine groups is 1. The Morgan fingerprint density at radius 2 is 1.93 bits per heavy atom. The van der Waals surface area contributed by atoms with E-state index in [1.54, 1.807) is 0 Å². The maximum atomic E-state index is 5.45. The SMILES string of the molecule is CCc1noc(CC)c1CNC(=NC)NCC1(c2ccccc2C)CC1.I. The molecule has 1 saturated carbocycles. The largest absolute Gasteiger partial charge is 0.361 e. The topological polar surface area (TPSA) is 62.5 Å². The maximum absolute atomic E-state index is 5.45. The lowest BCUT2D eigenvalue weighted by Crippen LogP contribution is -2.41. The van der Waals surface area contributed by atoms with Crippen molar-refractivity contribution in [1.82, 2.24) is 15.8 Å². The van der Waals surface area contributed by atoms with Crippen molar-refractivity contribution in [2.24, 2.45) is 4.99 Å². The van der Waals surface area contributed by atoms with Gasteiger partial charge in [-0.1, -0.05) is 43.3 Å². The minimum absolute atomic E-state index is 0. The third-order valence-electron chi connectivity index (χ3n) is 5.43. The van der Waals surface area contributed by atoms with Crippen molar-refractivity contribution in [3.05, 3.63) is 52.4 Å². The standard InChI is InChI=1S/C21H30N4O.HI/c1-5-18-16(19(6-2)26-25-18)13-23-20(22-4)24-14-21(11-12-21)17-10-8-7-9-15(17)3;/h7-10H,5-6,11-14H2,1-4H3,(H2,22,23,24);1H. The number of rotatable bonds is 7. The fraction of sp³-hybridized carbons (Fsp3) is 0.524. The zero-order valence-corrected chi connectivity index (χ0v) is 19.1. The van der Waals surface area contributed by atoms with Crippen LogP contribution in [0.1, 0.15) is 54.8 Å². The molecule has 0 spiro atoms. The Bertz CT molecular complexity index is 759. The quantitative estimate of drug-likeness (QED) is 0.354. The first-order valence-electron chi connectivity index (χ1n) is 9.60. The van der Waals surface area contributed by atoms with Crippen molar-refractivity contribution in [2.45, 2.75) is 58.4 Å². The molecule has 1 heterocycles. The molecule has 0 aliphatic heterocycles. The fourth-order valence-electron chi connectivity index (χ4n) is 3.64. The van der Waals surface area contributed by atoms with Crippen molar-refractivity contribution in [1.29, 1.82) is 0 Å². The van der Waals surface area contributed by atoms with Crippen molar-refractivity contribution in [3.63, 3.8) is 0 Å². The first-order valence-corrected chi connectivity index (χ1v) is 9.60.